The number of rotatable bonds is 7. The highest BCUT2D eigenvalue weighted by Crippen LogP contribution is 2.29. The molecule has 0 saturated carbocycles. The number of carbonyl (C=O) groups excluding carboxylic acids is 3. The van der Waals surface area contributed by atoms with Crippen LogP contribution in [0.25, 0.3) is 0 Å². The van der Waals surface area contributed by atoms with Crippen molar-refractivity contribution in [1.29, 1.82) is 0 Å². The minimum Gasteiger partial charge on any atom is -0.326 e. The van der Waals surface area contributed by atoms with Gasteiger partial charge >= 0.3 is 6.03 Å². The van der Waals surface area contributed by atoms with Gasteiger partial charge in [-0.2, -0.15) is 0 Å². The molecular weight excluding hydrogens is 433 g/mol. The minimum atomic E-state index is -0.978. The number of halogens is 1. The maximum Gasteiger partial charge on any atom is 0.332 e. The number of nitrogens with zero attached hydrogens (tertiary/aromatic N) is 2. The van der Waals surface area contributed by atoms with Crippen LogP contribution in [-0.2, 0) is 22.6 Å². The van der Waals surface area contributed by atoms with E-state index < -0.39 is 18.0 Å². The Kier molecular flexibility index (Phi) is 6.72. The number of nitrogens with one attached hydrogen (secondary N) is 1. The lowest BCUT2D eigenvalue weighted by atomic mass is 10.1. The molecule has 0 bridgehead atoms. The molecule has 1 unspecified atom stereocenters. The van der Waals surface area contributed by atoms with Crippen LogP contribution in [0.1, 0.15) is 30.0 Å². The Labute approximate surface area is 198 Å². The zero-order valence-electron chi connectivity index (χ0n) is 19.1. The maximum atomic E-state index is 13.4. The lowest BCUT2D eigenvalue weighted by Gasteiger charge is -2.21. The fourth-order valence-electron chi connectivity index (χ4n) is 3.94. The van der Waals surface area contributed by atoms with Crippen LogP contribution in [-0.4, -0.2) is 28.8 Å². The summed E-state index contributed by atoms with van der Waals surface area (Å²) in [6.07, 6.45) is 0.698. The van der Waals surface area contributed by atoms with E-state index in [0.717, 1.165) is 22.4 Å². The number of hydrogen-bond acceptors (Lipinski definition) is 3. The molecule has 1 atom stereocenters. The van der Waals surface area contributed by atoms with Crippen LogP contribution in [0.4, 0.5) is 20.6 Å². The van der Waals surface area contributed by atoms with Crippen LogP contribution < -0.4 is 10.2 Å². The summed E-state index contributed by atoms with van der Waals surface area (Å²) in [5.41, 5.74) is 3.88. The average Bonchev–Trinajstić information content (AvgIpc) is 3.05. The van der Waals surface area contributed by atoms with E-state index in [-0.39, 0.29) is 24.7 Å². The quantitative estimate of drug-likeness (QED) is 0.502. The van der Waals surface area contributed by atoms with E-state index in [0.29, 0.717) is 16.9 Å². The van der Waals surface area contributed by atoms with Gasteiger partial charge in [-0.3, -0.25) is 9.59 Å². The molecule has 1 saturated heterocycles. The Morgan fingerprint density at radius 2 is 1.53 bits per heavy atom. The summed E-state index contributed by atoms with van der Waals surface area (Å²) in [5, 5.41) is 2.81. The molecule has 0 radical (unpaired) electrons. The van der Waals surface area contributed by atoms with E-state index in [1.807, 2.05) is 50.2 Å². The van der Waals surface area contributed by atoms with Gasteiger partial charge < -0.3 is 10.2 Å². The number of aryl methyl sites for hydroxylation is 2. The maximum absolute atomic E-state index is 13.4. The molecule has 3 aromatic carbocycles. The van der Waals surface area contributed by atoms with Gasteiger partial charge in [0.2, 0.25) is 5.91 Å². The second-order valence-electron chi connectivity index (χ2n) is 8.36. The Morgan fingerprint density at radius 3 is 2.15 bits per heavy atom. The highest BCUT2D eigenvalue weighted by molar-refractivity contribution is 6.22. The molecule has 7 heteroatoms. The highest BCUT2D eigenvalue weighted by atomic mass is 19.1. The van der Waals surface area contributed by atoms with Crippen molar-refractivity contribution in [2.24, 2.45) is 0 Å². The van der Waals surface area contributed by atoms with E-state index in [2.05, 4.69) is 5.32 Å². The van der Waals surface area contributed by atoms with Crippen molar-refractivity contribution in [1.82, 2.24) is 4.90 Å². The third-order valence-electron chi connectivity index (χ3n) is 5.90. The standard InChI is InChI=1S/C27H26FN3O3/c1-3-19-8-12-22(13-9-19)29-25(32)16-24-26(33)31(23-14-4-18(2)5-15-23)27(34)30(24)17-20-6-10-21(28)11-7-20/h4-15,24H,3,16-17H2,1-2H3,(H,29,32). The van der Waals surface area contributed by atoms with Crippen LogP contribution in [0.15, 0.2) is 72.8 Å². The largest absolute Gasteiger partial charge is 0.332 e. The van der Waals surface area contributed by atoms with E-state index >= 15 is 0 Å². The molecule has 0 spiro atoms. The second-order valence-corrected chi connectivity index (χ2v) is 8.36. The molecule has 4 rings (SSSR count). The number of amides is 4. The van der Waals surface area contributed by atoms with Crippen LogP contribution >= 0.6 is 0 Å². The van der Waals surface area contributed by atoms with Crippen molar-refractivity contribution in [2.45, 2.75) is 39.3 Å². The van der Waals surface area contributed by atoms with Crippen LogP contribution in [0.2, 0.25) is 0 Å². The summed E-state index contributed by atoms with van der Waals surface area (Å²) in [6.45, 7) is 4.04. The van der Waals surface area contributed by atoms with E-state index in [4.69, 9.17) is 0 Å². The van der Waals surface area contributed by atoms with E-state index in [1.165, 1.54) is 17.0 Å². The SMILES string of the molecule is CCc1ccc(NC(=O)CC2C(=O)N(c3ccc(C)cc3)C(=O)N2Cc2ccc(F)cc2)cc1. The lowest BCUT2D eigenvalue weighted by Crippen LogP contribution is -2.37. The van der Waals surface area contributed by atoms with Crippen LogP contribution in [0.5, 0.6) is 0 Å². The number of benzene rings is 3. The molecule has 34 heavy (non-hydrogen) atoms. The summed E-state index contributed by atoms with van der Waals surface area (Å²) < 4.78 is 13.4. The third kappa shape index (κ3) is 4.98. The van der Waals surface area contributed by atoms with Crippen molar-refractivity contribution in [3.63, 3.8) is 0 Å². The normalized spacial score (nSPS) is 15.7. The van der Waals surface area contributed by atoms with Crippen molar-refractivity contribution in [2.75, 3.05) is 10.2 Å². The number of anilines is 2. The number of carbonyl (C=O) groups is 3. The Morgan fingerprint density at radius 1 is 0.912 bits per heavy atom. The smallest absolute Gasteiger partial charge is 0.326 e. The monoisotopic (exact) mass is 459 g/mol. The Balaban J connectivity index is 1.58. The molecule has 3 aromatic rings. The Hall–Kier alpha value is -4.00. The van der Waals surface area contributed by atoms with Crippen molar-refractivity contribution in [3.8, 4) is 0 Å². The van der Waals surface area contributed by atoms with Crippen LogP contribution in [0, 0.1) is 12.7 Å². The highest BCUT2D eigenvalue weighted by Gasteiger charge is 2.46. The number of hydrogen-bond donors (Lipinski definition) is 1. The van der Waals surface area contributed by atoms with E-state index in [1.54, 1.807) is 24.3 Å². The van der Waals surface area contributed by atoms with Crippen molar-refractivity contribution < 1.29 is 18.8 Å². The summed E-state index contributed by atoms with van der Waals surface area (Å²) in [5.74, 6) is -1.23. The topological polar surface area (TPSA) is 69.7 Å². The van der Waals surface area contributed by atoms with Gasteiger partial charge in [-0.1, -0.05) is 48.9 Å². The molecule has 174 valence electrons. The second kappa shape index (κ2) is 9.87. The molecule has 0 aliphatic carbocycles. The molecular formula is C27H26FN3O3. The van der Waals surface area contributed by atoms with Gasteiger partial charge in [-0.05, 0) is 60.9 Å². The molecule has 1 N–H and O–H groups in total. The first-order chi connectivity index (χ1) is 16.4. The first-order valence-electron chi connectivity index (χ1n) is 11.2. The molecule has 0 aromatic heterocycles. The molecule has 4 amide bonds. The molecule has 1 fully saturated rings. The molecule has 6 nitrogen and oxygen atoms in total. The molecule has 1 aliphatic rings. The van der Waals surface area contributed by atoms with Gasteiger partial charge in [0.1, 0.15) is 11.9 Å². The summed E-state index contributed by atoms with van der Waals surface area (Å²) in [7, 11) is 0. The van der Waals surface area contributed by atoms with Gasteiger partial charge in [-0.15, -0.1) is 0 Å². The van der Waals surface area contributed by atoms with Gasteiger partial charge in [0.05, 0.1) is 12.1 Å². The molecule has 1 heterocycles. The number of imide groups is 1. The summed E-state index contributed by atoms with van der Waals surface area (Å²) >= 11 is 0. The lowest BCUT2D eigenvalue weighted by molar-refractivity contribution is -0.124. The van der Waals surface area contributed by atoms with Crippen molar-refractivity contribution >= 4 is 29.2 Å². The fraction of sp³-hybridized carbons (Fsp3) is 0.222. The minimum absolute atomic E-state index is 0.0797. The van der Waals surface area contributed by atoms with Gasteiger partial charge in [0.15, 0.2) is 0 Å². The Bertz CT molecular complexity index is 1190. The van der Waals surface area contributed by atoms with Gasteiger partial charge in [-0.25, -0.2) is 14.1 Å². The third-order valence-corrected chi connectivity index (χ3v) is 5.90. The van der Waals surface area contributed by atoms with Crippen LogP contribution in [0.3, 0.4) is 0 Å². The predicted octanol–water partition coefficient (Wildman–Crippen LogP) is 5.06. The van der Waals surface area contributed by atoms with Gasteiger partial charge in [0.25, 0.3) is 5.91 Å². The first kappa shape index (κ1) is 23.2. The predicted molar refractivity (Wildman–Crippen MR) is 129 cm³/mol. The van der Waals surface area contributed by atoms with Crippen molar-refractivity contribution in [3.05, 3.63) is 95.3 Å². The zero-order valence-corrected chi connectivity index (χ0v) is 19.1. The number of urea groups is 1. The molecule has 1 aliphatic heterocycles. The zero-order chi connectivity index (χ0) is 24.2. The fourth-order valence-corrected chi connectivity index (χ4v) is 3.94. The summed E-state index contributed by atoms with van der Waals surface area (Å²) in [6, 6.07) is 18.8. The van der Waals surface area contributed by atoms with Gasteiger partial charge in [0, 0.05) is 12.2 Å². The first-order valence-corrected chi connectivity index (χ1v) is 11.2. The summed E-state index contributed by atoms with van der Waals surface area (Å²) in [4.78, 5) is 42.0. The average molecular weight is 460 g/mol. The van der Waals surface area contributed by atoms with E-state index in [9.17, 15) is 18.8 Å².